The Morgan fingerprint density at radius 3 is 1.55 bits per heavy atom. The van der Waals surface area contributed by atoms with Crippen molar-refractivity contribution in [1.82, 2.24) is 0 Å². The lowest BCUT2D eigenvalue weighted by Crippen LogP contribution is -2.31. The molecule has 0 aliphatic carbocycles. The first-order chi connectivity index (χ1) is 5.13. The molecule has 3 heteroatoms. The van der Waals surface area contributed by atoms with Crippen molar-refractivity contribution in [2.45, 2.75) is 39.9 Å². The Balaban J connectivity index is 2.51. The van der Waals surface area contributed by atoms with Crippen LogP contribution in [0.1, 0.15) is 27.7 Å². The molecule has 1 heterocycles. The van der Waals surface area contributed by atoms with Crippen molar-refractivity contribution in [1.29, 1.82) is 0 Å². The molecule has 1 fully saturated rings. The van der Waals surface area contributed by atoms with Gasteiger partial charge in [-0.25, -0.2) is 0 Å². The van der Waals surface area contributed by atoms with Crippen molar-refractivity contribution in [3.8, 4) is 0 Å². The highest BCUT2D eigenvalue weighted by atomic mass is 16.6. The third-order valence-electron chi connectivity index (χ3n) is 2.06. The fourth-order valence-electron chi connectivity index (χ4n) is 1.39. The van der Waals surface area contributed by atoms with Gasteiger partial charge < -0.3 is 9.31 Å². The summed E-state index contributed by atoms with van der Waals surface area (Å²) >= 11 is 0. The predicted octanol–water partition coefficient (Wildman–Crippen LogP) is 1.62. The molecule has 1 radical (unpaired) electrons. The van der Waals surface area contributed by atoms with Gasteiger partial charge in [0.25, 0.3) is 0 Å². The van der Waals surface area contributed by atoms with Crippen LogP contribution < -0.4 is 0 Å². The van der Waals surface area contributed by atoms with Crippen LogP contribution in [0.5, 0.6) is 0 Å². The molecule has 0 spiro atoms. The molecule has 1 aliphatic rings. The zero-order valence-corrected chi connectivity index (χ0v) is 7.70. The molecule has 1 aliphatic heterocycles. The summed E-state index contributed by atoms with van der Waals surface area (Å²) in [4.78, 5) is 0. The minimum atomic E-state index is 0.245. The van der Waals surface area contributed by atoms with Crippen molar-refractivity contribution in [2.75, 3.05) is 0 Å². The smallest absolute Gasteiger partial charge is 0.408 e. The van der Waals surface area contributed by atoms with Gasteiger partial charge in [-0.3, -0.25) is 0 Å². The second-order valence-corrected chi connectivity index (χ2v) is 3.79. The van der Waals surface area contributed by atoms with Crippen LogP contribution in [0.15, 0.2) is 0 Å². The Labute approximate surface area is 69.6 Å². The number of rotatable bonds is 2. The minimum Gasteiger partial charge on any atom is -0.408 e. The van der Waals surface area contributed by atoms with Gasteiger partial charge in [0.15, 0.2) is 0 Å². The van der Waals surface area contributed by atoms with Crippen LogP contribution in [-0.4, -0.2) is 19.9 Å². The molecule has 0 aromatic heterocycles. The Morgan fingerprint density at radius 2 is 1.27 bits per heavy atom. The van der Waals surface area contributed by atoms with E-state index in [1.807, 2.05) is 0 Å². The molecule has 2 atom stereocenters. The molecule has 11 heavy (non-hydrogen) atoms. The fourth-order valence-corrected chi connectivity index (χ4v) is 1.39. The maximum atomic E-state index is 5.34. The van der Waals surface area contributed by atoms with Gasteiger partial charge in [-0.1, -0.05) is 27.7 Å². The van der Waals surface area contributed by atoms with Crippen molar-refractivity contribution in [2.24, 2.45) is 11.8 Å². The number of hydrogen-bond acceptors (Lipinski definition) is 2. The van der Waals surface area contributed by atoms with Crippen LogP contribution in [0.4, 0.5) is 0 Å². The lowest BCUT2D eigenvalue weighted by atomic mass is 9.94. The summed E-state index contributed by atoms with van der Waals surface area (Å²) in [5.74, 6) is 1.06. The van der Waals surface area contributed by atoms with E-state index in [1.54, 1.807) is 0 Å². The van der Waals surface area contributed by atoms with E-state index < -0.39 is 0 Å². The summed E-state index contributed by atoms with van der Waals surface area (Å²) in [5, 5.41) is 0. The van der Waals surface area contributed by atoms with Gasteiger partial charge in [-0.05, 0) is 11.8 Å². The largest absolute Gasteiger partial charge is 0.488 e. The Morgan fingerprint density at radius 1 is 0.909 bits per heavy atom. The molecule has 0 aromatic rings. The molecular formula is C8H16BO2. The van der Waals surface area contributed by atoms with Crippen LogP contribution in [0.3, 0.4) is 0 Å². The standard InChI is InChI=1S/C8H16BO2/c1-5(2)7-8(6(3)4)11-9-10-7/h5-8H,1-4H3. The van der Waals surface area contributed by atoms with Gasteiger partial charge in [0, 0.05) is 0 Å². The first-order valence-corrected chi connectivity index (χ1v) is 4.25. The monoisotopic (exact) mass is 155 g/mol. The van der Waals surface area contributed by atoms with Crippen molar-refractivity contribution in [3.63, 3.8) is 0 Å². The van der Waals surface area contributed by atoms with Crippen LogP contribution >= 0.6 is 0 Å². The molecule has 1 saturated heterocycles. The highest BCUT2D eigenvalue weighted by Crippen LogP contribution is 2.24. The summed E-state index contributed by atoms with van der Waals surface area (Å²) in [5.41, 5.74) is 0. The summed E-state index contributed by atoms with van der Waals surface area (Å²) in [7, 11) is 1.48. The molecule has 63 valence electrons. The minimum absolute atomic E-state index is 0.245. The molecule has 1 rings (SSSR count). The van der Waals surface area contributed by atoms with Gasteiger partial charge >= 0.3 is 7.69 Å². The Kier molecular flexibility index (Phi) is 2.96. The van der Waals surface area contributed by atoms with Gasteiger partial charge in [-0.15, -0.1) is 0 Å². The molecule has 2 nitrogen and oxygen atoms in total. The highest BCUT2D eigenvalue weighted by molar-refractivity contribution is 6.19. The van der Waals surface area contributed by atoms with Crippen LogP contribution in [0.2, 0.25) is 0 Å². The topological polar surface area (TPSA) is 18.5 Å². The van der Waals surface area contributed by atoms with Crippen LogP contribution in [-0.2, 0) is 9.31 Å². The average Bonchev–Trinajstić information content (AvgIpc) is 2.32. The van der Waals surface area contributed by atoms with E-state index in [2.05, 4.69) is 27.7 Å². The van der Waals surface area contributed by atoms with Gasteiger partial charge in [0.05, 0.1) is 12.2 Å². The molecular weight excluding hydrogens is 139 g/mol. The summed E-state index contributed by atoms with van der Waals surface area (Å²) in [6, 6.07) is 0. The fraction of sp³-hybridized carbons (Fsp3) is 1.00. The van der Waals surface area contributed by atoms with Crippen molar-refractivity contribution in [3.05, 3.63) is 0 Å². The SMILES string of the molecule is CC(C)C1O[B]OC1C(C)C. The maximum absolute atomic E-state index is 5.34. The van der Waals surface area contributed by atoms with Gasteiger partial charge in [0.1, 0.15) is 0 Å². The first-order valence-electron chi connectivity index (χ1n) is 4.25. The predicted molar refractivity (Wildman–Crippen MR) is 45.2 cm³/mol. The summed E-state index contributed by atoms with van der Waals surface area (Å²) in [6.45, 7) is 8.62. The zero-order valence-electron chi connectivity index (χ0n) is 7.70. The summed E-state index contributed by atoms with van der Waals surface area (Å²) in [6.07, 6.45) is 0.491. The van der Waals surface area contributed by atoms with Crippen molar-refractivity contribution >= 4 is 7.69 Å². The second kappa shape index (κ2) is 3.59. The second-order valence-electron chi connectivity index (χ2n) is 3.79. The van der Waals surface area contributed by atoms with E-state index in [0.717, 1.165) is 0 Å². The lowest BCUT2D eigenvalue weighted by Gasteiger charge is -2.24. The summed E-state index contributed by atoms with van der Waals surface area (Å²) < 4.78 is 10.7. The third-order valence-corrected chi connectivity index (χ3v) is 2.06. The lowest BCUT2D eigenvalue weighted by molar-refractivity contribution is 0.0815. The van der Waals surface area contributed by atoms with Gasteiger partial charge in [0.2, 0.25) is 0 Å². The zero-order chi connectivity index (χ0) is 8.43. The van der Waals surface area contributed by atoms with E-state index in [0.29, 0.717) is 11.8 Å². The molecule has 2 unspecified atom stereocenters. The maximum Gasteiger partial charge on any atom is 0.488 e. The van der Waals surface area contributed by atoms with Crippen molar-refractivity contribution < 1.29 is 9.31 Å². The quantitative estimate of drug-likeness (QED) is 0.564. The van der Waals surface area contributed by atoms with E-state index in [1.165, 1.54) is 7.69 Å². The number of hydrogen-bond donors (Lipinski definition) is 0. The normalized spacial score (nSPS) is 31.5. The van der Waals surface area contributed by atoms with E-state index in [4.69, 9.17) is 9.31 Å². The van der Waals surface area contributed by atoms with Gasteiger partial charge in [-0.2, -0.15) is 0 Å². The first kappa shape index (κ1) is 9.08. The van der Waals surface area contributed by atoms with E-state index >= 15 is 0 Å². The molecule has 0 bridgehead atoms. The molecule has 0 amide bonds. The van der Waals surface area contributed by atoms with Crippen LogP contribution in [0.25, 0.3) is 0 Å². The highest BCUT2D eigenvalue weighted by Gasteiger charge is 2.34. The molecule has 0 saturated carbocycles. The van der Waals surface area contributed by atoms with Crippen LogP contribution in [0, 0.1) is 11.8 Å². The van der Waals surface area contributed by atoms with E-state index in [-0.39, 0.29) is 12.2 Å². The Hall–Kier alpha value is -0.0151. The average molecular weight is 155 g/mol. The molecule has 0 N–H and O–H groups in total. The third kappa shape index (κ3) is 1.97. The van der Waals surface area contributed by atoms with E-state index in [9.17, 15) is 0 Å². The Bertz CT molecular complexity index is 111. The molecule has 0 aromatic carbocycles.